The lowest BCUT2D eigenvalue weighted by atomic mass is 9.95. The molecule has 2 aromatic carbocycles. The molecule has 0 atom stereocenters. The largest absolute Gasteiger partial charge is 0.495 e. The van der Waals surface area contributed by atoms with E-state index in [9.17, 15) is 9.59 Å². The molecule has 26 heavy (non-hydrogen) atoms. The van der Waals surface area contributed by atoms with Crippen LogP contribution in [-0.2, 0) is 4.79 Å². The number of amides is 1. The fourth-order valence-electron chi connectivity index (χ4n) is 2.57. The van der Waals surface area contributed by atoms with E-state index in [0.717, 1.165) is 0 Å². The second-order valence-electron chi connectivity index (χ2n) is 7.06. The second-order valence-corrected chi connectivity index (χ2v) is 7.06. The van der Waals surface area contributed by atoms with Crippen LogP contribution in [0.3, 0.4) is 0 Å². The van der Waals surface area contributed by atoms with Crippen LogP contribution < -0.4 is 15.5 Å². The van der Waals surface area contributed by atoms with Gasteiger partial charge in [-0.3, -0.25) is 9.59 Å². The molecule has 1 aromatic heterocycles. The summed E-state index contributed by atoms with van der Waals surface area (Å²) in [6.07, 6.45) is 0. The summed E-state index contributed by atoms with van der Waals surface area (Å²) < 4.78 is 11.3. The summed E-state index contributed by atoms with van der Waals surface area (Å²) in [5.74, 6) is 0.708. The SMILES string of the molecule is COc1cccc(-c2cc(=O)c3ccccc3o2)c1NC(=O)C(C)(C)C. The van der Waals surface area contributed by atoms with Gasteiger partial charge in [0.05, 0.1) is 18.2 Å². The summed E-state index contributed by atoms with van der Waals surface area (Å²) >= 11 is 0. The molecule has 5 heteroatoms. The van der Waals surface area contributed by atoms with Gasteiger partial charge in [-0.15, -0.1) is 0 Å². The van der Waals surface area contributed by atoms with Crippen LogP contribution in [0.4, 0.5) is 5.69 Å². The fourth-order valence-corrected chi connectivity index (χ4v) is 2.57. The summed E-state index contributed by atoms with van der Waals surface area (Å²) in [7, 11) is 1.53. The van der Waals surface area contributed by atoms with Gasteiger partial charge in [0, 0.05) is 17.0 Å². The molecule has 0 spiro atoms. The van der Waals surface area contributed by atoms with Crippen molar-refractivity contribution in [1.29, 1.82) is 0 Å². The molecule has 0 aliphatic rings. The average molecular weight is 351 g/mol. The Kier molecular flexibility index (Phi) is 4.55. The van der Waals surface area contributed by atoms with E-state index >= 15 is 0 Å². The van der Waals surface area contributed by atoms with Crippen LogP contribution in [0.5, 0.6) is 5.75 Å². The van der Waals surface area contributed by atoms with Crippen molar-refractivity contribution in [3.8, 4) is 17.1 Å². The Bertz CT molecular complexity index is 1030. The summed E-state index contributed by atoms with van der Waals surface area (Å²) in [4.78, 5) is 24.9. The van der Waals surface area contributed by atoms with Gasteiger partial charge in [0.1, 0.15) is 17.1 Å². The van der Waals surface area contributed by atoms with Gasteiger partial charge in [0.25, 0.3) is 0 Å². The van der Waals surface area contributed by atoms with E-state index < -0.39 is 5.41 Å². The van der Waals surface area contributed by atoms with Crippen LogP contribution in [0.15, 0.2) is 57.7 Å². The summed E-state index contributed by atoms with van der Waals surface area (Å²) in [5.41, 5.74) is 0.837. The monoisotopic (exact) mass is 351 g/mol. The van der Waals surface area contributed by atoms with Gasteiger partial charge < -0.3 is 14.5 Å². The van der Waals surface area contributed by atoms with Crippen molar-refractivity contribution in [2.24, 2.45) is 5.41 Å². The predicted molar refractivity (Wildman–Crippen MR) is 103 cm³/mol. The highest BCUT2D eigenvalue weighted by atomic mass is 16.5. The van der Waals surface area contributed by atoms with Crippen molar-refractivity contribution in [1.82, 2.24) is 0 Å². The van der Waals surface area contributed by atoms with Crippen LogP contribution >= 0.6 is 0 Å². The Hall–Kier alpha value is -3.08. The smallest absolute Gasteiger partial charge is 0.229 e. The number of ether oxygens (including phenoxy) is 1. The highest BCUT2D eigenvalue weighted by molar-refractivity contribution is 6.00. The van der Waals surface area contributed by atoms with E-state index in [4.69, 9.17) is 9.15 Å². The van der Waals surface area contributed by atoms with Crippen molar-refractivity contribution in [2.75, 3.05) is 12.4 Å². The molecule has 1 heterocycles. The minimum atomic E-state index is -0.581. The molecule has 0 aliphatic carbocycles. The highest BCUT2D eigenvalue weighted by Crippen LogP contribution is 2.37. The quantitative estimate of drug-likeness (QED) is 0.757. The van der Waals surface area contributed by atoms with Crippen molar-refractivity contribution in [2.45, 2.75) is 20.8 Å². The first-order valence-corrected chi connectivity index (χ1v) is 8.33. The first-order chi connectivity index (χ1) is 12.3. The lowest BCUT2D eigenvalue weighted by Gasteiger charge is -2.21. The van der Waals surface area contributed by atoms with Crippen molar-refractivity contribution in [3.63, 3.8) is 0 Å². The highest BCUT2D eigenvalue weighted by Gasteiger charge is 2.24. The average Bonchev–Trinajstić information content (AvgIpc) is 2.61. The summed E-state index contributed by atoms with van der Waals surface area (Å²) in [6, 6.07) is 13.8. The maximum Gasteiger partial charge on any atom is 0.229 e. The molecular weight excluding hydrogens is 330 g/mol. The first-order valence-electron chi connectivity index (χ1n) is 8.33. The molecular formula is C21H21NO4. The standard InChI is InChI=1S/C21H21NO4/c1-21(2,3)20(24)22-19-14(9-7-11-17(19)25-4)18-12-15(23)13-8-5-6-10-16(13)26-18/h5-12H,1-4H3,(H,22,24). The number of carbonyl (C=O) groups excluding carboxylic acids is 1. The number of benzene rings is 2. The van der Waals surface area contributed by atoms with Crippen LogP contribution in [0.1, 0.15) is 20.8 Å². The minimum Gasteiger partial charge on any atom is -0.495 e. The van der Waals surface area contributed by atoms with Crippen molar-refractivity contribution < 1.29 is 13.9 Å². The van der Waals surface area contributed by atoms with Gasteiger partial charge in [-0.05, 0) is 24.3 Å². The molecule has 0 fully saturated rings. The van der Waals surface area contributed by atoms with E-state index in [-0.39, 0.29) is 11.3 Å². The number of carbonyl (C=O) groups is 1. The fraction of sp³-hybridized carbons (Fsp3) is 0.238. The minimum absolute atomic E-state index is 0.141. The number of anilines is 1. The Balaban J connectivity index is 2.19. The molecule has 0 saturated carbocycles. The molecule has 1 N–H and O–H groups in total. The van der Waals surface area contributed by atoms with E-state index in [1.54, 1.807) is 36.4 Å². The predicted octanol–water partition coefficient (Wildman–Crippen LogP) is 4.45. The first kappa shape index (κ1) is 17.7. The van der Waals surface area contributed by atoms with Crippen LogP contribution in [0.2, 0.25) is 0 Å². The number of hydrogen-bond acceptors (Lipinski definition) is 4. The van der Waals surface area contributed by atoms with Gasteiger partial charge in [0.15, 0.2) is 5.43 Å². The van der Waals surface area contributed by atoms with E-state index in [2.05, 4.69) is 5.32 Å². The Morgan fingerprint density at radius 2 is 1.81 bits per heavy atom. The molecule has 0 unspecified atom stereocenters. The van der Waals surface area contributed by atoms with Crippen LogP contribution in [0, 0.1) is 5.41 Å². The van der Waals surface area contributed by atoms with Gasteiger partial charge in [-0.1, -0.05) is 39.0 Å². The molecule has 0 bridgehead atoms. The third-order valence-electron chi connectivity index (χ3n) is 4.07. The molecule has 0 saturated heterocycles. The van der Waals surface area contributed by atoms with Gasteiger partial charge in [-0.2, -0.15) is 0 Å². The number of hydrogen-bond donors (Lipinski definition) is 1. The number of fused-ring (bicyclic) bond motifs is 1. The third kappa shape index (κ3) is 3.33. The third-order valence-corrected chi connectivity index (χ3v) is 4.07. The van der Waals surface area contributed by atoms with Crippen molar-refractivity contribution in [3.05, 3.63) is 58.8 Å². The maximum atomic E-state index is 12.5. The molecule has 134 valence electrons. The lowest BCUT2D eigenvalue weighted by Crippen LogP contribution is -2.28. The molecule has 0 radical (unpaired) electrons. The van der Waals surface area contributed by atoms with Gasteiger partial charge >= 0.3 is 0 Å². The van der Waals surface area contributed by atoms with Crippen molar-refractivity contribution >= 4 is 22.6 Å². The number of rotatable bonds is 3. The lowest BCUT2D eigenvalue weighted by molar-refractivity contribution is -0.123. The van der Waals surface area contributed by atoms with E-state index in [1.165, 1.54) is 13.2 Å². The Morgan fingerprint density at radius 3 is 2.50 bits per heavy atom. The Morgan fingerprint density at radius 1 is 1.08 bits per heavy atom. The zero-order chi connectivity index (χ0) is 18.9. The van der Waals surface area contributed by atoms with Crippen LogP contribution in [0.25, 0.3) is 22.3 Å². The van der Waals surface area contributed by atoms with Gasteiger partial charge in [-0.25, -0.2) is 0 Å². The molecule has 1 amide bonds. The molecule has 5 nitrogen and oxygen atoms in total. The maximum absolute atomic E-state index is 12.5. The van der Waals surface area contributed by atoms with Gasteiger partial charge in [0.2, 0.25) is 5.91 Å². The van der Waals surface area contributed by atoms with Crippen LogP contribution in [-0.4, -0.2) is 13.0 Å². The Labute approximate surface area is 151 Å². The molecule has 3 aromatic rings. The number of methoxy groups -OCH3 is 1. The summed E-state index contributed by atoms with van der Waals surface area (Å²) in [6.45, 7) is 5.48. The molecule has 3 rings (SSSR count). The zero-order valence-corrected chi connectivity index (χ0v) is 15.3. The van der Waals surface area contributed by atoms with E-state index in [0.29, 0.717) is 33.7 Å². The number of nitrogens with one attached hydrogen (secondary N) is 1. The second kappa shape index (κ2) is 6.67. The summed E-state index contributed by atoms with van der Waals surface area (Å²) in [5, 5.41) is 3.42. The van der Waals surface area contributed by atoms with E-state index in [1.807, 2.05) is 26.8 Å². The number of para-hydroxylation sites is 2. The molecule has 0 aliphatic heterocycles. The zero-order valence-electron chi connectivity index (χ0n) is 15.3. The topological polar surface area (TPSA) is 68.5 Å². The normalized spacial score (nSPS) is 11.4.